The van der Waals surface area contributed by atoms with Gasteiger partial charge < -0.3 is 9.09 Å². The second kappa shape index (κ2) is 9.26. The second-order valence-electron chi connectivity index (χ2n) is 7.13. The summed E-state index contributed by atoms with van der Waals surface area (Å²) in [5.74, 6) is 0.115. The quantitative estimate of drug-likeness (QED) is 0.335. The van der Waals surface area contributed by atoms with Gasteiger partial charge in [-0.2, -0.15) is 10.4 Å². The van der Waals surface area contributed by atoms with Crippen LogP contribution in [0.4, 0.5) is 5.95 Å². The van der Waals surface area contributed by atoms with Crippen LogP contribution in [0.15, 0.2) is 60.9 Å². The van der Waals surface area contributed by atoms with Crippen molar-refractivity contribution in [3.8, 4) is 11.8 Å². The highest BCUT2D eigenvalue weighted by Gasteiger charge is 2.16. The van der Waals surface area contributed by atoms with E-state index in [2.05, 4.69) is 26.0 Å². The maximum absolute atomic E-state index is 12.5. The molecule has 0 aliphatic rings. The molecule has 4 rings (SSSR count). The number of hydrogen-bond donors (Lipinski definition) is 3. The Morgan fingerprint density at radius 2 is 2.00 bits per heavy atom. The molecule has 0 aliphatic carbocycles. The van der Waals surface area contributed by atoms with Gasteiger partial charge in [-0.1, -0.05) is 12.1 Å². The molecule has 0 bridgehead atoms. The molecule has 4 aromatic rings. The average Bonchev–Trinajstić information content (AvgIpc) is 3.39. The fraction of sp³-hybridized carbons (Fsp3) is 0.143. The lowest BCUT2D eigenvalue weighted by Gasteiger charge is -2.11. The Balaban J connectivity index is 1.55. The summed E-state index contributed by atoms with van der Waals surface area (Å²) in [5, 5.41) is 16.0. The average molecular weight is 466 g/mol. The minimum atomic E-state index is -4.62. The van der Waals surface area contributed by atoms with E-state index < -0.39 is 7.82 Å². The first-order valence-electron chi connectivity index (χ1n) is 9.82. The number of imidazole rings is 1. The number of aromatic nitrogens is 4. The Morgan fingerprint density at radius 1 is 1.21 bits per heavy atom. The standard InChI is InChI=1S/C21H19N6O5P/c22-13-16-4-7-19-18(12-16)24-21(25-20(28)14-26-10-1-9-23-26)27(19)11-8-15-2-5-17(6-3-15)32-33(29,30)31/h1-7,9-10,12H,8,11,14H2,(H,24,25,28)(H2,29,30,31). The maximum Gasteiger partial charge on any atom is 0.524 e. The lowest BCUT2D eigenvalue weighted by molar-refractivity contribution is -0.117. The molecule has 0 radical (unpaired) electrons. The van der Waals surface area contributed by atoms with E-state index in [1.54, 1.807) is 48.8 Å². The van der Waals surface area contributed by atoms with Gasteiger partial charge in [-0.05, 0) is 48.4 Å². The van der Waals surface area contributed by atoms with Crippen LogP contribution >= 0.6 is 7.82 Å². The van der Waals surface area contributed by atoms with E-state index in [1.165, 1.54) is 16.8 Å². The number of nitrogens with one attached hydrogen (secondary N) is 1. The molecule has 0 saturated heterocycles. The fourth-order valence-electron chi connectivity index (χ4n) is 3.32. The molecule has 2 heterocycles. The van der Waals surface area contributed by atoms with Crippen LogP contribution < -0.4 is 9.84 Å². The van der Waals surface area contributed by atoms with Gasteiger partial charge in [0.25, 0.3) is 0 Å². The van der Waals surface area contributed by atoms with E-state index in [-0.39, 0.29) is 18.2 Å². The van der Waals surface area contributed by atoms with E-state index in [0.717, 1.165) is 11.1 Å². The number of nitrogens with zero attached hydrogens (tertiary/aromatic N) is 5. The third-order valence-corrected chi connectivity index (χ3v) is 5.21. The van der Waals surface area contributed by atoms with Crippen molar-refractivity contribution in [2.45, 2.75) is 19.5 Å². The smallest absolute Gasteiger partial charge is 0.404 e. The molecule has 3 N–H and O–H groups in total. The van der Waals surface area contributed by atoms with Gasteiger partial charge >= 0.3 is 7.82 Å². The number of fused-ring (bicyclic) bond motifs is 1. The van der Waals surface area contributed by atoms with Crippen molar-refractivity contribution in [2.24, 2.45) is 0 Å². The summed E-state index contributed by atoms with van der Waals surface area (Å²) in [5.41, 5.74) is 2.68. The van der Waals surface area contributed by atoms with Gasteiger partial charge in [0, 0.05) is 18.9 Å². The molecule has 0 unspecified atom stereocenters. The number of anilines is 1. The molecule has 2 aromatic heterocycles. The molecule has 12 heteroatoms. The molecule has 0 fully saturated rings. The zero-order valence-electron chi connectivity index (χ0n) is 17.2. The number of carbonyl (C=O) groups is 1. The lowest BCUT2D eigenvalue weighted by atomic mass is 10.1. The summed E-state index contributed by atoms with van der Waals surface area (Å²) in [6, 6.07) is 15.3. The molecule has 1 amide bonds. The van der Waals surface area contributed by atoms with Crippen molar-refractivity contribution in [1.29, 1.82) is 5.26 Å². The number of carbonyl (C=O) groups excluding carboxylic acids is 1. The first-order valence-corrected chi connectivity index (χ1v) is 11.4. The zero-order valence-corrected chi connectivity index (χ0v) is 18.1. The Kier molecular flexibility index (Phi) is 6.24. The van der Waals surface area contributed by atoms with Gasteiger partial charge in [-0.25, -0.2) is 9.55 Å². The molecule has 168 valence electrons. The summed E-state index contributed by atoms with van der Waals surface area (Å²) < 4.78 is 18.9. The highest BCUT2D eigenvalue weighted by molar-refractivity contribution is 7.46. The summed E-state index contributed by atoms with van der Waals surface area (Å²) in [6.07, 6.45) is 3.81. The molecule has 0 spiro atoms. The van der Waals surface area contributed by atoms with Gasteiger partial charge in [0.05, 0.1) is 22.7 Å². The van der Waals surface area contributed by atoms with Crippen LogP contribution in [0.2, 0.25) is 0 Å². The molecular formula is C21H19N6O5P. The summed E-state index contributed by atoms with van der Waals surface area (Å²) in [7, 11) is -4.62. The predicted molar refractivity (Wildman–Crippen MR) is 118 cm³/mol. The Morgan fingerprint density at radius 3 is 2.67 bits per heavy atom. The molecule has 2 aromatic carbocycles. The maximum atomic E-state index is 12.5. The van der Waals surface area contributed by atoms with Crippen LogP contribution in [0.3, 0.4) is 0 Å². The monoisotopic (exact) mass is 466 g/mol. The van der Waals surface area contributed by atoms with Gasteiger partial charge in [0.1, 0.15) is 12.3 Å². The number of hydrogen-bond acceptors (Lipinski definition) is 6. The summed E-state index contributed by atoms with van der Waals surface area (Å²) in [4.78, 5) is 34.8. The number of nitriles is 1. The van der Waals surface area contributed by atoms with Gasteiger partial charge in [0.2, 0.25) is 11.9 Å². The number of rotatable bonds is 8. The van der Waals surface area contributed by atoms with E-state index >= 15 is 0 Å². The molecular weight excluding hydrogens is 447 g/mol. The van der Waals surface area contributed by atoms with Crippen molar-refractivity contribution in [3.63, 3.8) is 0 Å². The third kappa shape index (κ3) is 5.64. The van der Waals surface area contributed by atoms with E-state index in [4.69, 9.17) is 9.79 Å². The molecule has 0 saturated carbocycles. The third-order valence-electron chi connectivity index (χ3n) is 4.77. The van der Waals surface area contributed by atoms with Crippen LogP contribution in [0.1, 0.15) is 11.1 Å². The molecule has 33 heavy (non-hydrogen) atoms. The SMILES string of the molecule is N#Cc1ccc2c(c1)nc(NC(=O)Cn1cccn1)n2CCc1ccc(OP(=O)(O)O)cc1. The largest absolute Gasteiger partial charge is 0.524 e. The van der Waals surface area contributed by atoms with Crippen molar-refractivity contribution < 1.29 is 23.7 Å². The Labute approximate surface area is 188 Å². The second-order valence-corrected chi connectivity index (χ2v) is 8.29. The van der Waals surface area contributed by atoms with Crippen molar-refractivity contribution in [2.75, 3.05) is 5.32 Å². The van der Waals surface area contributed by atoms with Gasteiger partial charge in [-0.3, -0.25) is 24.6 Å². The highest BCUT2D eigenvalue weighted by atomic mass is 31.2. The predicted octanol–water partition coefficient (Wildman–Crippen LogP) is 2.46. The topological polar surface area (TPSA) is 155 Å². The van der Waals surface area contributed by atoms with E-state index in [1.807, 2.05) is 4.57 Å². The van der Waals surface area contributed by atoms with Crippen LogP contribution in [0.25, 0.3) is 11.0 Å². The first kappa shape index (κ1) is 22.2. The van der Waals surface area contributed by atoms with Crippen molar-refractivity contribution in [3.05, 3.63) is 72.1 Å². The summed E-state index contributed by atoms with van der Waals surface area (Å²) >= 11 is 0. The normalized spacial score (nSPS) is 11.3. The molecule has 0 atom stereocenters. The van der Waals surface area contributed by atoms with Crippen LogP contribution in [0, 0.1) is 11.3 Å². The van der Waals surface area contributed by atoms with Gasteiger partial charge in [-0.15, -0.1) is 0 Å². The number of benzene rings is 2. The first-order chi connectivity index (χ1) is 15.8. The zero-order chi connectivity index (χ0) is 23.4. The van der Waals surface area contributed by atoms with Gasteiger partial charge in [0.15, 0.2) is 0 Å². The van der Waals surface area contributed by atoms with Crippen LogP contribution in [-0.2, 0) is 28.9 Å². The van der Waals surface area contributed by atoms with Crippen LogP contribution in [0.5, 0.6) is 5.75 Å². The number of phosphoric ester groups is 1. The minimum absolute atomic E-state index is 0.0285. The minimum Gasteiger partial charge on any atom is -0.404 e. The fourth-order valence-corrected chi connectivity index (χ4v) is 3.72. The number of aryl methyl sites for hydroxylation is 2. The van der Waals surface area contributed by atoms with Crippen molar-refractivity contribution in [1.82, 2.24) is 19.3 Å². The lowest BCUT2D eigenvalue weighted by Crippen LogP contribution is -2.21. The highest BCUT2D eigenvalue weighted by Crippen LogP contribution is 2.37. The van der Waals surface area contributed by atoms with E-state index in [9.17, 15) is 14.6 Å². The van der Waals surface area contributed by atoms with Crippen LogP contribution in [-0.4, -0.2) is 35.0 Å². The van der Waals surface area contributed by atoms with Crippen molar-refractivity contribution >= 4 is 30.7 Å². The summed E-state index contributed by atoms with van der Waals surface area (Å²) in [6.45, 7) is 0.485. The number of phosphoric acid groups is 1. The Hall–Kier alpha value is -3.97. The molecule has 11 nitrogen and oxygen atoms in total. The number of amides is 1. The molecule has 0 aliphatic heterocycles. The Bertz CT molecular complexity index is 1370. The van der Waals surface area contributed by atoms with E-state index in [0.29, 0.717) is 30.0 Å².